The van der Waals surface area contributed by atoms with E-state index in [0.717, 1.165) is 27.6 Å². The third-order valence-electron chi connectivity index (χ3n) is 4.05. The van der Waals surface area contributed by atoms with E-state index in [1.54, 1.807) is 34.9 Å². The topological polar surface area (TPSA) is 20.3 Å². The number of fused-ring (bicyclic) bond motifs is 2. The zero-order valence-electron chi connectivity index (χ0n) is 13.7. The van der Waals surface area contributed by atoms with E-state index in [-0.39, 0.29) is 11.2 Å². The first-order valence-electron chi connectivity index (χ1n) is 8.18. The third kappa shape index (κ3) is 3.24. The van der Waals surface area contributed by atoms with Gasteiger partial charge in [0.1, 0.15) is 0 Å². The minimum Gasteiger partial charge on any atom is -0.278 e. The van der Waals surface area contributed by atoms with E-state index in [9.17, 15) is 4.79 Å². The molecule has 1 atom stereocenters. The molecule has 1 amide bonds. The van der Waals surface area contributed by atoms with Gasteiger partial charge in [0, 0.05) is 9.79 Å². The molecule has 0 fully saturated rings. The Kier molecular flexibility index (Phi) is 4.88. The van der Waals surface area contributed by atoms with Crippen molar-refractivity contribution in [1.82, 2.24) is 0 Å². The van der Waals surface area contributed by atoms with Crippen LogP contribution in [0.4, 0.5) is 11.4 Å². The van der Waals surface area contributed by atoms with E-state index in [0.29, 0.717) is 0 Å². The first kappa shape index (κ1) is 16.8. The van der Waals surface area contributed by atoms with E-state index >= 15 is 0 Å². The van der Waals surface area contributed by atoms with Gasteiger partial charge < -0.3 is 0 Å². The van der Waals surface area contributed by atoms with Crippen LogP contribution >= 0.6 is 34.9 Å². The summed E-state index contributed by atoms with van der Waals surface area (Å²) in [7, 11) is 0. The van der Waals surface area contributed by atoms with Crippen LogP contribution in [0, 0.1) is 0 Å². The first-order chi connectivity index (χ1) is 12.3. The Morgan fingerprint density at radius 1 is 1.00 bits per heavy atom. The number of thioether (sulfide) groups is 1. The highest BCUT2D eigenvalue weighted by Gasteiger charge is 2.32. The zero-order valence-corrected chi connectivity index (χ0v) is 16.2. The van der Waals surface area contributed by atoms with Gasteiger partial charge in [0.05, 0.1) is 20.8 Å². The fourth-order valence-corrected chi connectivity index (χ4v) is 5.92. The molecular formula is C20H17NOS3. The summed E-state index contributed by atoms with van der Waals surface area (Å²) in [5, 5.41) is 1.96. The van der Waals surface area contributed by atoms with Gasteiger partial charge in [0.25, 0.3) is 0 Å². The van der Waals surface area contributed by atoms with Gasteiger partial charge in [-0.15, -0.1) is 23.1 Å². The van der Waals surface area contributed by atoms with Gasteiger partial charge in [-0.2, -0.15) is 0 Å². The minimum absolute atomic E-state index is 0.0946. The summed E-state index contributed by atoms with van der Waals surface area (Å²) < 4.78 is 1.19. The Hall–Kier alpha value is -1.69. The number of para-hydroxylation sites is 2. The molecule has 0 aliphatic carbocycles. The summed E-state index contributed by atoms with van der Waals surface area (Å²) >= 11 is 5.09. The fourth-order valence-electron chi connectivity index (χ4n) is 2.87. The van der Waals surface area contributed by atoms with Crippen molar-refractivity contribution >= 4 is 52.1 Å². The number of carbonyl (C=O) groups is 1. The van der Waals surface area contributed by atoms with Crippen LogP contribution in [0.25, 0.3) is 0 Å². The first-order valence-corrected chi connectivity index (χ1v) is 10.8. The zero-order chi connectivity index (χ0) is 17.2. The lowest BCUT2D eigenvalue weighted by Crippen LogP contribution is -2.35. The Morgan fingerprint density at radius 3 is 2.20 bits per heavy atom. The van der Waals surface area contributed by atoms with Gasteiger partial charge in [-0.25, -0.2) is 0 Å². The number of hydrogen-bond donors (Lipinski definition) is 0. The molecule has 1 aromatic heterocycles. The van der Waals surface area contributed by atoms with Crippen molar-refractivity contribution in [2.75, 3.05) is 4.90 Å². The predicted octanol–water partition coefficient (Wildman–Crippen LogP) is 6.45. The molecule has 0 saturated carbocycles. The molecule has 0 N–H and O–H groups in total. The second-order valence-electron chi connectivity index (χ2n) is 5.66. The molecular weight excluding hydrogens is 366 g/mol. The van der Waals surface area contributed by atoms with E-state index in [4.69, 9.17) is 0 Å². The molecule has 5 heteroatoms. The van der Waals surface area contributed by atoms with Gasteiger partial charge in [0.2, 0.25) is 5.91 Å². The maximum Gasteiger partial charge on any atom is 0.245 e. The van der Waals surface area contributed by atoms with Crippen LogP contribution in [-0.4, -0.2) is 11.2 Å². The summed E-state index contributed by atoms with van der Waals surface area (Å²) in [4.78, 5) is 17.7. The molecule has 2 aromatic carbocycles. The van der Waals surface area contributed by atoms with Crippen LogP contribution in [0.15, 0.2) is 80.0 Å². The molecule has 126 valence electrons. The molecule has 1 unspecified atom stereocenters. The van der Waals surface area contributed by atoms with Gasteiger partial charge in [-0.3, -0.25) is 9.69 Å². The number of nitrogens with zero attached hydrogens (tertiary/aromatic N) is 1. The van der Waals surface area contributed by atoms with Crippen LogP contribution in [0.1, 0.15) is 13.3 Å². The van der Waals surface area contributed by atoms with Gasteiger partial charge in [-0.05, 0) is 42.1 Å². The molecule has 0 bridgehead atoms. The summed E-state index contributed by atoms with van der Waals surface area (Å²) in [6, 6.07) is 20.4. The van der Waals surface area contributed by atoms with Crippen LogP contribution in [-0.2, 0) is 4.79 Å². The lowest BCUT2D eigenvalue weighted by Gasteiger charge is -2.33. The predicted molar refractivity (Wildman–Crippen MR) is 108 cm³/mol. The van der Waals surface area contributed by atoms with Crippen molar-refractivity contribution in [1.29, 1.82) is 0 Å². The summed E-state index contributed by atoms with van der Waals surface area (Å²) in [6.45, 7) is 2.08. The Labute approximate surface area is 160 Å². The second kappa shape index (κ2) is 7.28. The van der Waals surface area contributed by atoms with Crippen molar-refractivity contribution in [2.24, 2.45) is 0 Å². The normalized spacial score (nSPS) is 13.9. The monoisotopic (exact) mass is 383 g/mol. The lowest BCUT2D eigenvalue weighted by molar-refractivity contribution is -0.117. The molecule has 0 radical (unpaired) electrons. The highest BCUT2D eigenvalue weighted by molar-refractivity contribution is 8.02. The number of amides is 1. The van der Waals surface area contributed by atoms with Crippen LogP contribution in [0.2, 0.25) is 0 Å². The Morgan fingerprint density at radius 2 is 1.64 bits per heavy atom. The summed E-state index contributed by atoms with van der Waals surface area (Å²) in [5.41, 5.74) is 1.97. The third-order valence-corrected chi connectivity index (χ3v) is 7.61. The summed E-state index contributed by atoms with van der Waals surface area (Å²) in [6.07, 6.45) is 0.801. The molecule has 0 spiro atoms. The van der Waals surface area contributed by atoms with E-state index in [2.05, 4.69) is 30.5 Å². The average Bonchev–Trinajstić information content (AvgIpc) is 3.16. The fraction of sp³-hybridized carbons (Fsp3) is 0.150. The Balaban J connectivity index is 1.74. The van der Waals surface area contributed by atoms with E-state index in [1.807, 2.05) is 47.4 Å². The molecule has 2 heterocycles. The van der Waals surface area contributed by atoms with Crippen molar-refractivity contribution < 1.29 is 4.79 Å². The average molecular weight is 384 g/mol. The van der Waals surface area contributed by atoms with Crippen LogP contribution in [0.3, 0.4) is 0 Å². The van der Waals surface area contributed by atoms with Gasteiger partial charge >= 0.3 is 0 Å². The van der Waals surface area contributed by atoms with E-state index < -0.39 is 0 Å². The van der Waals surface area contributed by atoms with Crippen LogP contribution in [0.5, 0.6) is 0 Å². The molecule has 2 nitrogen and oxygen atoms in total. The standard InChI is InChI=1S/C20H17NOS3/c1-2-16(25-19-12-7-13-23-19)20(22)21-14-8-3-5-10-17(14)24-18-11-6-4-9-15(18)21/h3-13,16H,2H2,1H3. The summed E-state index contributed by atoms with van der Waals surface area (Å²) in [5.74, 6) is 0.154. The number of rotatable bonds is 4. The number of hydrogen-bond acceptors (Lipinski definition) is 4. The lowest BCUT2D eigenvalue weighted by atomic mass is 10.2. The highest BCUT2D eigenvalue weighted by Crippen LogP contribution is 2.48. The van der Waals surface area contributed by atoms with Crippen molar-refractivity contribution in [2.45, 2.75) is 32.6 Å². The molecule has 3 aromatic rings. The van der Waals surface area contributed by atoms with Gasteiger partial charge in [-0.1, -0.05) is 49.0 Å². The van der Waals surface area contributed by atoms with Crippen LogP contribution < -0.4 is 4.90 Å². The largest absolute Gasteiger partial charge is 0.278 e. The smallest absolute Gasteiger partial charge is 0.245 e. The molecule has 25 heavy (non-hydrogen) atoms. The number of carbonyl (C=O) groups excluding carboxylic acids is 1. The molecule has 4 rings (SSSR count). The van der Waals surface area contributed by atoms with Crippen molar-refractivity contribution in [3.05, 3.63) is 66.0 Å². The van der Waals surface area contributed by atoms with Gasteiger partial charge in [0.15, 0.2) is 0 Å². The van der Waals surface area contributed by atoms with Crippen molar-refractivity contribution in [3.63, 3.8) is 0 Å². The minimum atomic E-state index is -0.0946. The molecule has 1 aliphatic heterocycles. The number of anilines is 2. The molecule has 0 saturated heterocycles. The van der Waals surface area contributed by atoms with E-state index in [1.165, 1.54) is 4.21 Å². The molecule has 1 aliphatic rings. The number of benzene rings is 2. The maximum absolute atomic E-state index is 13.5. The SMILES string of the molecule is CCC(Sc1cccs1)C(=O)N1c2ccccc2Sc2ccccc21. The second-order valence-corrected chi connectivity index (χ2v) is 9.19. The van der Waals surface area contributed by atoms with Crippen molar-refractivity contribution in [3.8, 4) is 0 Å². The maximum atomic E-state index is 13.5. The Bertz CT molecular complexity index is 846. The quantitative estimate of drug-likeness (QED) is 0.483. The number of thiophene rings is 1. The highest BCUT2D eigenvalue weighted by atomic mass is 32.2.